The molecule has 3 aromatic rings. The van der Waals surface area contributed by atoms with Crippen LogP contribution in [0.3, 0.4) is 0 Å². The quantitative estimate of drug-likeness (QED) is 0.701. The van der Waals surface area contributed by atoms with Crippen molar-refractivity contribution in [1.82, 2.24) is 0 Å². The first-order valence-corrected chi connectivity index (χ1v) is 6.88. The Kier molecular flexibility index (Phi) is 2.59. The lowest BCUT2D eigenvalue weighted by Gasteiger charge is -2.27. The van der Waals surface area contributed by atoms with Crippen molar-refractivity contribution in [2.45, 2.75) is 6.10 Å². The van der Waals surface area contributed by atoms with Gasteiger partial charge in [0.2, 0.25) is 0 Å². The first kappa shape index (κ1) is 11.4. The molecular weight excluding hydrogens is 246 g/mol. The molecule has 4 rings (SSSR count). The van der Waals surface area contributed by atoms with Crippen molar-refractivity contribution in [1.29, 1.82) is 0 Å². The topological polar surface area (TPSA) is 21.3 Å². The molecule has 0 aliphatic carbocycles. The SMILES string of the molecule is c1ccc2c(c1)NCC(c1ccc3ccccc3c1)O2. The Morgan fingerprint density at radius 3 is 2.60 bits per heavy atom. The number of para-hydroxylation sites is 2. The maximum Gasteiger partial charge on any atom is 0.143 e. The number of hydrogen-bond donors (Lipinski definition) is 1. The molecule has 0 radical (unpaired) electrons. The lowest BCUT2D eigenvalue weighted by molar-refractivity contribution is 0.210. The average Bonchev–Trinajstić information content (AvgIpc) is 2.54. The van der Waals surface area contributed by atoms with E-state index < -0.39 is 0 Å². The lowest BCUT2D eigenvalue weighted by atomic mass is 10.0. The summed E-state index contributed by atoms with van der Waals surface area (Å²) in [6, 6.07) is 23.0. The van der Waals surface area contributed by atoms with Gasteiger partial charge >= 0.3 is 0 Å². The van der Waals surface area contributed by atoms with Crippen molar-refractivity contribution >= 4 is 16.5 Å². The molecule has 0 bridgehead atoms. The van der Waals surface area contributed by atoms with Crippen LogP contribution in [0.25, 0.3) is 10.8 Å². The molecule has 0 spiro atoms. The fourth-order valence-corrected chi connectivity index (χ4v) is 2.71. The molecule has 3 aromatic carbocycles. The minimum absolute atomic E-state index is 0.0644. The molecule has 1 aliphatic rings. The molecule has 1 N–H and O–H groups in total. The molecule has 1 atom stereocenters. The Morgan fingerprint density at radius 1 is 0.850 bits per heavy atom. The number of hydrogen-bond acceptors (Lipinski definition) is 2. The third kappa shape index (κ3) is 1.90. The minimum atomic E-state index is 0.0644. The van der Waals surface area contributed by atoms with Gasteiger partial charge in [-0.25, -0.2) is 0 Å². The lowest BCUT2D eigenvalue weighted by Crippen LogP contribution is -2.23. The Morgan fingerprint density at radius 2 is 1.65 bits per heavy atom. The normalized spacial score (nSPS) is 17.1. The molecule has 1 unspecified atom stereocenters. The summed E-state index contributed by atoms with van der Waals surface area (Å²) in [6.45, 7) is 0.801. The van der Waals surface area contributed by atoms with Crippen LogP contribution in [0.2, 0.25) is 0 Å². The van der Waals surface area contributed by atoms with E-state index in [1.807, 2.05) is 24.3 Å². The summed E-state index contributed by atoms with van der Waals surface area (Å²) in [5.41, 5.74) is 2.29. The second kappa shape index (κ2) is 4.57. The summed E-state index contributed by atoms with van der Waals surface area (Å²) in [6.07, 6.45) is 0.0644. The summed E-state index contributed by atoms with van der Waals surface area (Å²) in [7, 11) is 0. The highest BCUT2D eigenvalue weighted by Gasteiger charge is 2.20. The molecule has 0 aromatic heterocycles. The van der Waals surface area contributed by atoms with E-state index in [0.29, 0.717) is 0 Å². The van der Waals surface area contributed by atoms with E-state index in [1.54, 1.807) is 0 Å². The third-order valence-electron chi connectivity index (χ3n) is 3.78. The third-order valence-corrected chi connectivity index (χ3v) is 3.78. The Bertz CT molecular complexity index is 766. The van der Waals surface area contributed by atoms with Crippen LogP contribution in [0.5, 0.6) is 5.75 Å². The fraction of sp³-hybridized carbons (Fsp3) is 0.111. The molecule has 0 saturated carbocycles. The molecule has 2 heteroatoms. The van der Waals surface area contributed by atoms with Crippen molar-refractivity contribution in [3.63, 3.8) is 0 Å². The second-order valence-electron chi connectivity index (χ2n) is 5.09. The molecule has 0 fully saturated rings. The number of nitrogens with one attached hydrogen (secondary N) is 1. The minimum Gasteiger partial charge on any atom is -0.482 e. The summed E-state index contributed by atoms with van der Waals surface area (Å²) < 4.78 is 6.10. The van der Waals surface area contributed by atoms with Crippen LogP contribution in [0, 0.1) is 0 Å². The van der Waals surface area contributed by atoms with Gasteiger partial charge in [-0.1, -0.05) is 48.5 Å². The number of benzene rings is 3. The van der Waals surface area contributed by atoms with E-state index in [9.17, 15) is 0 Å². The van der Waals surface area contributed by atoms with Crippen molar-refractivity contribution in [2.75, 3.05) is 11.9 Å². The van der Waals surface area contributed by atoms with Gasteiger partial charge in [-0.2, -0.15) is 0 Å². The van der Waals surface area contributed by atoms with Crippen molar-refractivity contribution in [3.8, 4) is 5.75 Å². The molecule has 2 nitrogen and oxygen atoms in total. The molecule has 0 saturated heterocycles. The van der Waals surface area contributed by atoms with Crippen LogP contribution in [0.15, 0.2) is 66.7 Å². The van der Waals surface area contributed by atoms with Gasteiger partial charge in [-0.15, -0.1) is 0 Å². The van der Waals surface area contributed by atoms with Crippen LogP contribution in [0.4, 0.5) is 5.69 Å². The summed E-state index contributed by atoms with van der Waals surface area (Å²) in [5, 5.41) is 5.96. The summed E-state index contributed by atoms with van der Waals surface area (Å²) >= 11 is 0. The van der Waals surface area contributed by atoms with E-state index in [4.69, 9.17) is 4.74 Å². The molecule has 1 heterocycles. The molecule has 1 aliphatic heterocycles. The van der Waals surface area contributed by atoms with Gasteiger partial charge in [-0.3, -0.25) is 0 Å². The average molecular weight is 261 g/mol. The largest absolute Gasteiger partial charge is 0.482 e. The zero-order chi connectivity index (χ0) is 13.4. The number of rotatable bonds is 1. The van der Waals surface area contributed by atoms with Gasteiger partial charge in [-0.05, 0) is 34.5 Å². The number of fused-ring (bicyclic) bond motifs is 2. The maximum atomic E-state index is 6.10. The molecule has 20 heavy (non-hydrogen) atoms. The predicted molar refractivity (Wildman–Crippen MR) is 82.2 cm³/mol. The van der Waals surface area contributed by atoms with Gasteiger partial charge in [0.25, 0.3) is 0 Å². The molecule has 0 amide bonds. The van der Waals surface area contributed by atoms with Crippen LogP contribution < -0.4 is 10.1 Å². The highest BCUT2D eigenvalue weighted by molar-refractivity contribution is 5.83. The Labute approximate surface area is 118 Å². The van der Waals surface area contributed by atoms with E-state index in [0.717, 1.165) is 18.0 Å². The highest BCUT2D eigenvalue weighted by atomic mass is 16.5. The smallest absolute Gasteiger partial charge is 0.143 e. The van der Waals surface area contributed by atoms with Gasteiger partial charge in [0, 0.05) is 0 Å². The zero-order valence-electron chi connectivity index (χ0n) is 11.0. The molecule has 98 valence electrons. The van der Waals surface area contributed by atoms with Crippen molar-refractivity contribution < 1.29 is 4.74 Å². The second-order valence-corrected chi connectivity index (χ2v) is 5.09. The highest BCUT2D eigenvalue weighted by Crippen LogP contribution is 2.34. The fourth-order valence-electron chi connectivity index (χ4n) is 2.71. The van der Waals surface area contributed by atoms with Crippen LogP contribution >= 0.6 is 0 Å². The molecular formula is C18H15NO. The van der Waals surface area contributed by atoms with Crippen LogP contribution in [-0.2, 0) is 0 Å². The number of anilines is 1. The Hall–Kier alpha value is -2.48. The summed E-state index contributed by atoms with van der Waals surface area (Å²) in [4.78, 5) is 0. The van der Waals surface area contributed by atoms with Gasteiger partial charge < -0.3 is 10.1 Å². The Balaban J connectivity index is 1.70. The first-order valence-electron chi connectivity index (χ1n) is 6.88. The zero-order valence-corrected chi connectivity index (χ0v) is 11.0. The first-order chi connectivity index (χ1) is 9.90. The monoisotopic (exact) mass is 261 g/mol. The van der Waals surface area contributed by atoms with E-state index >= 15 is 0 Å². The van der Waals surface area contributed by atoms with Crippen molar-refractivity contribution in [2.24, 2.45) is 0 Å². The summed E-state index contributed by atoms with van der Waals surface area (Å²) in [5.74, 6) is 0.928. The predicted octanol–water partition coefficient (Wildman–Crippen LogP) is 4.39. The van der Waals surface area contributed by atoms with Gasteiger partial charge in [0.1, 0.15) is 11.9 Å². The van der Waals surface area contributed by atoms with Crippen molar-refractivity contribution in [3.05, 3.63) is 72.3 Å². The van der Waals surface area contributed by atoms with E-state index in [-0.39, 0.29) is 6.10 Å². The maximum absolute atomic E-state index is 6.10. The van der Waals surface area contributed by atoms with E-state index in [2.05, 4.69) is 47.8 Å². The van der Waals surface area contributed by atoms with Crippen LogP contribution in [-0.4, -0.2) is 6.54 Å². The van der Waals surface area contributed by atoms with Gasteiger partial charge in [0.05, 0.1) is 12.2 Å². The van der Waals surface area contributed by atoms with Crippen LogP contribution in [0.1, 0.15) is 11.7 Å². The number of ether oxygens (including phenoxy) is 1. The van der Waals surface area contributed by atoms with E-state index in [1.165, 1.54) is 16.3 Å². The van der Waals surface area contributed by atoms with Gasteiger partial charge in [0.15, 0.2) is 0 Å². The standard InChI is InChI=1S/C18H15NO/c1-2-6-14-11-15(10-9-13(14)5-1)18-12-19-16-7-3-4-8-17(16)20-18/h1-11,18-19H,12H2.